The largest absolute Gasteiger partial charge is 0.508 e. The third-order valence-electron chi connectivity index (χ3n) is 3.42. The molecule has 0 radical (unpaired) electrons. The van der Waals surface area contributed by atoms with Gasteiger partial charge >= 0.3 is 6.08 Å². The molecule has 2 aromatic carbocycles. The zero-order valence-electron chi connectivity index (χ0n) is 13.3. The Morgan fingerprint density at radius 1 is 1.04 bits per heavy atom. The minimum atomic E-state index is -0.201. The maximum Gasteiger partial charge on any atom is 0.423 e. The number of rotatable bonds is 3. The van der Waals surface area contributed by atoms with E-state index in [0.717, 1.165) is 11.1 Å². The van der Waals surface area contributed by atoms with Crippen LogP contribution in [0.25, 0.3) is 11.4 Å². The second-order valence-electron chi connectivity index (χ2n) is 6.28. The van der Waals surface area contributed by atoms with E-state index in [1.165, 1.54) is 0 Å². The van der Waals surface area contributed by atoms with Crippen LogP contribution in [0.3, 0.4) is 0 Å². The van der Waals surface area contributed by atoms with Gasteiger partial charge in [-0.15, -0.1) is 0 Å². The van der Waals surface area contributed by atoms with Crippen molar-refractivity contribution in [2.75, 3.05) is 0 Å². The van der Waals surface area contributed by atoms with E-state index in [-0.39, 0.29) is 17.2 Å². The number of aromatic nitrogens is 2. The molecule has 0 bridgehead atoms. The highest BCUT2D eigenvalue weighted by molar-refractivity contribution is 5.54. The number of benzene rings is 2. The summed E-state index contributed by atoms with van der Waals surface area (Å²) in [4.78, 5) is 4.23. The fraction of sp³-hybridized carbons (Fsp3) is 0.222. The lowest BCUT2D eigenvalue weighted by Gasteiger charge is -2.20. The minimum absolute atomic E-state index is 0.0643. The van der Waals surface area contributed by atoms with Crippen LogP contribution in [0.5, 0.6) is 17.6 Å². The first-order chi connectivity index (χ1) is 10.9. The SMILES string of the molecule is CC(C)(C)c1cc(Oc2nc(-c3ccccc3)no2)ccc1O. The van der Waals surface area contributed by atoms with Crippen LogP contribution in [0.4, 0.5) is 0 Å². The highest BCUT2D eigenvalue weighted by atomic mass is 16.6. The molecule has 0 spiro atoms. The molecule has 0 amide bonds. The molecule has 0 aliphatic heterocycles. The molecule has 0 fully saturated rings. The maximum atomic E-state index is 9.98. The number of aromatic hydroxyl groups is 1. The van der Waals surface area contributed by atoms with Crippen LogP contribution < -0.4 is 4.74 Å². The number of hydrogen-bond donors (Lipinski definition) is 1. The summed E-state index contributed by atoms with van der Waals surface area (Å²) in [6, 6.07) is 14.6. The van der Waals surface area contributed by atoms with E-state index in [4.69, 9.17) is 9.26 Å². The molecule has 0 saturated carbocycles. The van der Waals surface area contributed by atoms with Crippen molar-refractivity contribution in [3.8, 4) is 29.0 Å². The fourth-order valence-corrected chi connectivity index (χ4v) is 2.24. The molecule has 0 aliphatic carbocycles. The molecule has 5 nitrogen and oxygen atoms in total. The number of nitrogens with zero attached hydrogens (tertiary/aromatic N) is 2. The van der Waals surface area contributed by atoms with Crippen LogP contribution in [-0.4, -0.2) is 15.2 Å². The first kappa shape index (κ1) is 15.1. The normalized spacial score (nSPS) is 11.4. The monoisotopic (exact) mass is 310 g/mol. The van der Waals surface area contributed by atoms with Crippen molar-refractivity contribution >= 4 is 0 Å². The van der Waals surface area contributed by atoms with Gasteiger partial charge in [-0.1, -0.05) is 56.3 Å². The van der Waals surface area contributed by atoms with Crippen molar-refractivity contribution in [2.45, 2.75) is 26.2 Å². The van der Waals surface area contributed by atoms with Gasteiger partial charge in [0.2, 0.25) is 5.82 Å². The molecule has 0 aliphatic rings. The van der Waals surface area contributed by atoms with Crippen molar-refractivity contribution in [3.05, 3.63) is 54.1 Å². The lowest BCUT2D eigenvalue weighted by Crippen LogP contribution is -2.11. The number of ether oxygens (including phenoxy) is 1. The topological polar surface area (TPSA) is 68.4 Å². The van der Waals surface area contributed by atoms with Gasteiger partial charge in [-0.05, 0) is 23.6 Å². The van der Waals surface area contributed by atoms with Gasteiger partial charge < -0.3 is 9.84 Å². The van der Waals surface area contributed by atoms with E-state index >= 15 is 0 Å². The minimum Gasteiger partial charge on any atom is -0.508 e. The van der Waals surface area contributed by atoms with Gasteiger partial charge in [-0.3, -0.25) is 4.52 Å². The molecule has 118 valence electrons. The van der Waals surface area contributed by atoms with Gasteiger partial charge in [0.1, 0.15) is 11.5 Å². The van der Waals surface area contributed by atoms with Gasteiger partial charge in [0, 0.05) is 11.1 Å². The average Bonchev–Trinajstić information content (AvgIpc) is 2.97. The maximum absolute atomic E-state index is 9.98. The van der Waals surface area contributed by atoms with Crippen LogP contribution in [0.15, 0.2) is 53.1 Å². The Bertz CT molecular complexity index is 805. The number of hydrogen-bond acceptors (Lipinski definition) is 5. The third kappa shape index (κ3) is 3.34. The lowest BCUT2D eigenvalue weighted by atomic mass is 9.86. The summed E-state index contributed by atoms with van der Waals surface area (Å²) < 4.78 is 10.8. The Balaban J connectivity index is 1.85. The zero-order chi connectivity index (χ0) is 16.4. The molecule has 1 heterocycles. The summed E-state index contributed by atoms with van der Waals surface area (Å²) in [6.07, 6.45) is 0.0643. The van der Waals surface area contributed by atoms with Crippen molar-refractivity contribution in [1.29, 1.82) is 0 Å². The van der Waals surface area contributed by atoms with Crippen molar-refractivity contribution in [3.63, 3.8) is 0 Å². The van der Waals surface area contributed by atoms with E-state index in [2.05, 4.69) is 10.1 Å². The predicted octanol–water partition coefficient (Wildman–Crippen LogP) is 4.53. The van der Waals surface area contributed by atoms with Crippen LogP contribution in [0, 0.1) is 0 Å². The quantitative estimate of drug-likeness (QED) is 0.769. The van der Waals surface area contributed by atoms with Gasteiger partial charge in [0.05, 0.1) is 0 Å². The first-order valence-corrected chi connectivity index (χ1v) is 7.34. The molecule has 0 unspecified atom stereocenters. The first-order valence-electron chi connectivity index (χ1n) is 7.34. The molecule has 1 aromatic heterocycles. The van der Waals surface area contributed by atoms with Gasteiger partial charge in [0.25, 0.3) is 0 Å². The summed E-state index contributed by atoms with van der Waals surface area (Å²) in [6.45, 7) is 6.06. The second-order valence-corrected chi connectivity index (χ2v) is 6.28. The third-order valence-corrected chi connectivity index (χ3v) is 3.42. The molecule has 3 aromatic rings. The van der Waals surface area contributed by atoms with Crippen LogP contribution in [0.2, 0.25) is 0 Å². The molecule has 0 atom stereocenters. The summed E-state index contributed by atoms with van der Waals surface area (Å²) in [5, 5.41) is 13.9. The lowest BCUT2D eigenvalue weighted by molar-refractivity contribution is 0.280. The van der Waals surface area contributed by atoms with E-state index in [9.17, 15) is 5.11 Å². The Hall–Kier alpha value is -2.82. The van der Waals surface area contributed by atoms with Gasteiger partial charge in [-0.2, -0.15) is 4.98 Å². The molecule has 0 saturated heterocycles. The molecule has 1 N–H and O–H groups in total. The Labute approximate surface area is 134 Å². The van der Waals surface area contributed by atoms with Crippen molar-refractivity contribution in [1.82, 2.24) is 10.1 Å². The molecule has 23 heavy (non-hydrogen) atoms. The summed E-state index contributed by atoms with van der Waals surface area (Å²) >= 11 is 0. The van der Waals surface area contributed by atoms with E-state index in [1.807, 2.05) is 51.1 Å². The standard InChI is InChI=1S/C18H18N2O3/c1-18(2,3)14-11-13(9-10-15(14)21)22-17-19-16(20-23-17)12-7-5-4-6-8-12/h4-11,21H,1-3H3. The Kier molecular flexibility index (Phi) is 3.78. The summed E-state index contributed by atoms with van der Waals surface area (Å²) in [5.74, 6) is 1.24. The second kappa shape index (κ2) is 5.76. The predicted molar refractivity (Wildman–Crippen MR) is 86.6 cm³/mol. The van der Waals surface area contributed by atoms with Gasteiger partial charge in [-0.25, -0.2) is 0 Å². The van der Waals surface area contributed by atoms with Crippen molar-refractivity contribution in [2.24, 2.45) is 0 Å². The van der Waals surface area contributed by atoms with E-state index in [1.54, 1.807) is 18.2 Å². The Morgan fingerprint density at radius 2 is 1.78 bits per heavy atom. The summed E-state index contributed by atoms with van der Waals surface area (Å²) in [5.41, 5.74) is 1.44. The molecular formula is C18H18N2O3. The van der Waals surface area contributed by atoms with Gasteiger partial charge in [0.15, 0.2) is 0 Å². The van der Waals surface area contributed by atoms with Crippen LogP contribution in [-0.2, 0) is 5.41 Å². The highest BCUT2D eigenvalue weighted by Gasteiger charge is 2.19. The number of phenolic OH excluding ortho intramolecular Hbond substituents is 1. The van der Waals surface area contributed by atoms with E-state index in [0.29, 0.717) is 11.6 Å². The molecule has 5 heteroatoms. The van der Waals surface area contributed by atoms with Crippen LogP contribution in [0.1, 0.15) is 26.3 Å². The molecular weight excluding hydrogens is 292 g/mol. The van der Waals surface area contributed by atoms with Crippen molar-refractivity contribution < 1.29 is 14.4 Å². The molecule has 3 rings (SSSR count). The highest BCUT2D eigenvalue weighted by Crippen LogP contribution is 2.34. The Morgan fingerprint density at radius 3 is 2.48 bits per heavy atom. The summed E-state index contributed by atoms with van der Waals surface area (Å²) in [7, 11) is 0. The van der Waals surface area contributed by atoms with E-state index < -0.39 is 0 Å². The van der Waals surface area contributed by atoms with Crippen LogP contribution >= 0.6 is 0 Å². The number of phenols is 1. The average molecular weight is 310 g/mol. The fourth-order valence-electron chi connectivity index (χ4n) is 2.24. The smallest absolute Gasteiger partial charge is 0.423 e. The zero-order valence-corrected chi connectivity index (χ0v) is 13.3.